The van der Waals surface area contributed by atoms with Gasteiger partial charge in [0, 0.05) is 4.47 Å². The zero-order valence-corrected chi connectivity index (χ0v) is 12.7. The predicted molar refractivity (Wildman–Crippen MR) is 79.5 cm³/mol. The second-order valence-corrected chi connectivity index (χ2v) is 6.41. The molecule has 1 N–H and O–H groups in total. The summed E-state index contributed by atoms with van der Waals surface area (Å²) < 4.78 is 0.993. The van der Waals surface area contributed by atoms with E-state index in [0.717, 1.165) is 35.7 Å². The zero-order chi connectivity index (χ0) is 13.7. The SMILES string of the molecule is N#CC1(C(O)c2ccc(Br)cc2)CCCCCCC1. The van der Waals surface area contributed by atoms with E-state index in [9.17, 15) is 10.4 Å². The molecule has 0 aromatic heterocycles. The Kier molecular flexibility index (Phi) is 5.01. The van der Waals surface area contributed by atoms with Crippen molar-refractivity contribution < 1.29 is 5.11 Å². The molecule has 0 heterocycles. The summed E-state index contributed by atoms with van der Waals surface area (Å²) in [5.74, 6) is 0. The molecule has 0 radical (unpaired) electrons. The molecule has 2 rings (SSSR count). The van der Waals surface area contributed by atoms with Gasteiger partial charge in [-0.25, -0.2) is 0 Å². The standard InChI is InChI=1S/C16H20BrNO/c17-14-8-6-13(7-9-14)15(19)16(12-18)10-4-2-1-3-5-11-16/h6-9,15,19H,1-5,10-11H2. The third-order valence-corrected chi connectivity index (χ3v) is 4.71. The molecule has 1 unspecified atom stereocenters. The number of aliphatic hydroxyl groups is 1. The third kappa shape index (κ3) is 3.38. The summed E-state index contributed by atoms with van der Waals surface area (Å²) in [4.78, 5) is 0. The van der Waals surface area contributed by atoms with Crippen LogP contribution in [0.4, 0.5) is 0 Å². The van der Waals surface area contributed by atoms with Crippen molar-refractivity contribution >= 4 is 15.9 Å². The van der Waals surface area contributed by atoms with Crippen LogP contribution in [0.1, 0.15) is 56.6 Å². The quantitative estimate of drug-likeness (QED) is 0.855. The van der Waals surface area contributed by atoms with Crippen molar-refractivity contribution in [2.75, 3.05) is 0 Å². The molecule has 102 valence electrons. The molecular weight excluding hydrogens is 302 g/mol. The number of hydrogen-bond donors (Lipinski definition) is 1. The molecule has 19 heavy (non-hydrogen) atoms. The second-order valence-electron chi connectivity index (χ2n) is 5.49. The predicted octanol–water partition coefficient (Wildman–Crippen LogP) is 4.74. The van der Waals surface area contributed by atoms with Crippen molar-refractivity contribution in [3.05, 3.63) is 34.3 Å². The molecule has 2 nitrogen and oxygen atoms in total. The van der Waals surface area contributed by atoms with Gasteiger partial charge in [-0.15, -0.1) is 0 Å². The highest BCUT2D eigenvalue weighted by Crippen LogP contribution is 2.44. The maximum Gasteiger partial charge on any atom is 0.0976 e. The van der Waals surface area contributed by atoms with Crippen LogP contribution in [0, 0.1) is 16.7 Å². The van der Waals surface area contributed by atoms with Crippen LogP contribution in [0.2, 0.25) is 0 Å². The van der Waals surface area contributed by atoms with Gasteiger partial charge in [0.15, 0.2) is 0 Å². The molecule has 1 aromatic carbocycles. The summed E-state index contributed by atoms with van der Waals surface area (Å²) in [5.41, 5.74) is 0.249. The number of benzene rings is 1. The van der Waals surface area contributed by atoms with E-state index in [2.05, 4.69) is 22.0 Å². The molecule has 1 fully saturated rings. The van der Waals surface area contributed by atoms with E-state index in [1.54, 1.807) is 0 Å². The lowest BCUT2D eigenvalue weighted by Crippen LogP contribution is -2.28. The smallest absolute Gasteiger partial charge is 0.0976 e. The van der Waals surface area contributed by atoms with Crippen molar-refractivity contribution in [3.8, 4) is 6.07 Å². The summed E-state index contributed by atoms with van der Waals surface area (Å²) in [5, 5.41) is 20.3. The first-order chi connectivity index (χ1) is 9.18. The maximum absolute atomic E-state index is 10.7. The van der Waals surface area contributed by atoms with E-state index in [0.29, 0.717) is 0 Å². The molecule has 0 saturated heterocycles. The summed E-state index contributed by atoms with van der Waals surface area (Å²) in [6, 6.07) is 10.1. The first kappa shape index (κ1) is 14.6. The summed E-state index contributed by atoms with van der Waals surface area (Å²) in [7, 11) is 0. The largest absolute Gasteiger partial charge is 0.387 e. The Labute approximate surface area is 123 Å². The molecule has 0 aliphatic heterocycles. The van der Waals surface area contributed by atoms with Gasteiger partial charge in [-0.1, -0.05) is 60.2 Å². The Morgan fingerprint density at radius 3 is 2.11 bits per heavy atom. The number of nitriles is 1. The van der Waals surface area contributed by atoms with Gasteiger partial charge >= 0.3 is 0 Å². The fraction of sp³-hybridized carbons (Fsp3) is 0.562. The fourth-order valence-electron chi connectivity index (χ4n) is 2.95. The zero-order valence-electron chi connectivity index (χ0n) is 11.1. The van der Waals surface area contributed by atoms with Crippen molar-refractivity contribution in [1.29, 1.82) is 5.26 Å². The van der Waals surface area contributed by atoms with E-state index in [1.165, 1.54) is 19.3 Å². The minimum absolute atomic E-state index is 0.603. The molecule has 1 atom stereocenters. The van der Waals surface area contributed by atoms with Gasteiger partial charge in [0.05, 0.1) is 17.6 Å². The maximum atomic E-state index is 10.7. The van der Waals surface area contributed by atoms with Crippen molar-refractivity contribution in [1.82, 2.24) is 0 Å². The minimum Gasteiger partial charge on any atom is -0.387 e. The van der Waals surface area contributed by atoms with Crippen LogP contribution in [0.15, 0.2) is 28.7 Å². The van der Waals surface area contributed by atoms with Gasteiger partial charge in [-0.05, 0) is 30.5 Å². The van der Waals surface area contributed by atoms with Crippen LogP contribution in [-0.2, 0) is 0 Å². The lowest BCUT2D eigenvalue weighted by atomic mass is 9.71. The molecule has 1 aliphatic carbocycles. The number of halogens is 1. The lowest BCUT2D eigenvalue weighted by molar-refractivity contribution is 0.0434. The second kappa shape index (κ2) is 6.54. The normalized spacial score (nSPS) is 20.9. The van der Waals surface area contributed by atoms with E-state index in [-0.39, 0.29) is 0 Å². The van der Waals surface area contributed by atoms with Crippen molar-refractivity contribution in [3.63, 3.8) is 0 Å². The van der Waals surface area contributed by atoms with E-state index in [1.807, 2.05) is 24.3 Å². The Balaban J connectivity index is 2.23. The topological polar surface area (TPSA) is 44.0 Å². The van der Waals surface area contributed by atoms with Gasteiger partial charge in [-0.3, -0.25) is 0 Å². The van der Waals surface area contributed by atoms with Crippen LogP contribution in [0.3, 0.4) is 0 Å². The lowest BCUT2D eigenvalue weighted by Gasteiger charge is -2.33. The molecule has 1 aliphatic rings. The van der Waals surface area contributed by atoms with Gasteiger partial charge in [-0.2, -0.15) is 5.26 Å². The molecule has 0 spiro atoms. The number of hydrogen-bond acceptors (Lipinski definition) is 2. The van der Waals surface area contributed by atoms with E-state index < -0.39 is 11.5 Å². The highest BCUT2D eigenvalue weighted by Gasteiger charge is 2.38. The monoisotopic (exact) mass is 321 g/mol. The Morgan fingerprint density at radius 1 is 1.05 bits per heavy atom. The summed E-state index contributed by atoms with van der Waals surface area (Å²) in [6.07, 6.45) is 6.63. The van der Waals surface area contributed by atoms with Gasteiger partial charge < -0.3 is 5.11 Å². The minimum atomic E-state index is -0.677. The molecule has 1 saturated carbocycles. The fourth-order valence-corrected chi connectivity index (χ4v) is 3.21. The van der Waals surface area contributed by atoms with Crippen LogP contribution >= 0.6 is 15.9 Å². The Bertz CT molecular complexity index is 441. The van der Waals surface area contributed by atoms with Crippen molar-refractivity contribution in [2.45, 2.75) is 51.0 Å². The van der Waals surface area contributed by atoms with Crippen molar-refractivity contribution in [2.24, 2.45) is 5.41 Å². The van der Waals surface area contributed by atoms with E-state index in [4.69, 9.17) is 0 Å². The van der Waals surface area contributed by atoms with Crippen LogP contribution in [-0.4, -0.2) is 5.11 Å². The average molecular weight is 322 g/mol. The highest BCUT2D eigenvalue weighted by molar-refractivity contribution is 9.10. The highest BCUT2D eigenvalue weighted by atomic mass is 79.9. The number of nitrogens with zero attached hydrogens (tertiary/aromatic N) is 1. The summed E-state index contributed by atoms with van der Waals surface area (Å²) in [6.45, 7) is 0. The van der Waals surface area contributed by atoms with Gasteiger partial charge in [0.2, 0.25) is 0 Å². The Morgan fingerprint density at radius 2 is 1.58 bits per heavy atom. The Hall–Kier alpha value is -0.850. The van der Waals surface area contributed by atoms with Crippen LogP contribution in [0.5, 0.6) is 0 Å². The summed E-state index contributed by atoms with van der Waals surface area (Å²) >= 11 is 3.40. The number of aliphatic hydroxyl groups excluding tert-OH is 1. The molecule has 1 aromatic rings. The molecule has 0 bridgehead atoms. The number of rotatable bonds is 2. The van der Waals surface area contributed by atoms with E-state index >= 15 is 0 Å². The first-order valence-electron chi connectivity index (χ1n) is 7.03. The molecular formula is C16H20BrNO. The first-order valence-corrected chi connectivity index (χ1v) is 7.82. The molecule has 0 amide bonds. The van der Waals surface area contributed by atoms with Gasteiger partial charge in [0.25, 0.3) is 0 Å². The third-order valence-electron chi connectivity index (χ3n) is 4.18. The molecule has 3 heteroatoms. The van der Waals surface area contributed by atoms with Crippen LogP contribution < -0.4 is 0 Å². The average Bonchev–Trinajstić information content (AvgIpc) is 2.39. The van der Waals surface area contributed by atoms with Gasteiger partial charge in [0.1, 0.15) is 0 Å². The van der Waals surface area contributed by atoms with Crippen LogP contribution in [0.25, 0.3) is 0 Å².